The highest BCUT2D eigenvalue weighted by Gasteiger charge is 2.25. The zero-order valence-electron chi connectivity index (χ0n) is 12.8. The molecule has 0 aromatic carbocycles. The highest BCUT2D eigenvalue weighted by Crippen LogP contribution is 2.16. The lowest BCUT2D eigenvalue weighted by Gasteiger charge is -2.34. The summed E-state index contributed by atoms with van der Waals surface area (Å²) in [5.41, 5.74) is 0. The number of nitrogens with one attached hydrogen (secondary N) is 1. The Kier molecular flexibility index (Phi) is 6.32. The molecule has 7 heteroatoms. The van der Waals surface area contributed by atoms with Crippen molar-refractivity contribution in [1.82, 2.24) is 15.1 Å². The van der Waals surface area contributed by atoms with Crippen molar-refractivity contribution in [2.75, 3.05) is 51.6 Å². The van der Waals surface area contributed by atoms with Crippen LogP contribution in [0.3, 0.4) is 0 Å². The molecule has 1 atom stereocenters. The summed E-state index contributed by atoms with van der Waals surface area (Å²) in [5, 5.41) is 2.88. The first-order chi connectivity index (χ1) is 10.0. The molecule has 2 saturated heterocycles. The van der Waals surface area contributed by atoms with Gasteiger partial charge in [0.1, 0.15) is 6.54 Å². The lowest BCUT2D eigenvalue weighted by molar-refractivity contribution is -0.122. The summed E-state index contributed by atoms with van der Waals surface area (Å²) in [6.45, 7) is 9.35. The van der Waals surface area contributed by atoms with Gasteiger partial charge in [0.2, 0.25) is 5.91 Å². The smallest absolute Gasteiger partial charge is 0.282 e. The van der Waals surface area contributed by atoms with Gasteiger partial charge in [-0.25, -0.2) is 0 Å². The molecule has 2 aliphatic rings. The van der Waals surface area contributed by atoms with Gasteiger partial charge in [0.15, 0.2) is 0 Å². The van der Waals surface area contributed by atoms with E-state index in [0.29, 0.717) is 25.6 Å². The normalized spacial score (nSPS) is 23.9. The molecule has 2 fully saturated rings. The highest BCUT2D eigenvalue weighted by molar-refractivity contribution is 8.13. The van der Waals surface area contributed by atoms with E-state index in [9.17, 15) is 9.59 Å². The Labute approximate surface area is 130 Å². The van der Waals surface area contributed by atoms with Crippen LogP contribution < -0.4 is 5.32 Å². The van der Waals surface area contributed by atoms with Crippen molar-refractivity contribution in [3.63, 3.8) is 0 Å². The van der Waals surface area contributed by atoms with E-state index in [4.69, 9.17) is 4.74 Å². The summed E-state index contributed by atoms with van der Waals surface area (Å²) in [4.78, 5) is 27.3. The lowest BCUT2D eigenvalue weighted by atomic mass is 10.2. The fraction of sp³-hybridized carbons (Fsp3) is 0.857. The van der Waals surface area contributed by atoms with E-state index in [1.54, 1.807) is 4.90 Å². The molecular weight excluding hydrogens is 290 g/mol. The van der Waals surface area contributed by atoms with E-state index < -0.39 is 0 Å². The van der Waals surface area contributed by atoms with Crippen LogP contribution in [0.4, 0.5) is 4.79 Å². The Balaban J connectivity index is 1.67. The van der Waals surface area contributed by atoms with Gasteiger partial charge in [0, 0.05) is 38.5 Å². The number of carbonyl (C=O) groups is 2. The molecule has 2 aliphatic heterocycles. The minimum absolute atomic E-state index is 0.00201. The molecule has 2 amide bonds. The molecule has 2 rings (SSSR count). The second-order valence-electron chi connectivity index (χ2n) is 5.99. The van der Waals surface area contributed by atoms with Crippen LogP contribution >= 0.6 is 11.8 Å². The predicted octanol–water partition coefficient (Wildman–Crippen LogP) is 0.628. The van der Waals surface area contributed by atoms with Crippen molar-refractivity contribution in [3.8, 4) is 0 Å². The van der Waals surface area contributed by atoms with Gasteiger partial charge in [-0.2, -0.15) is 0 Å². The highest BCUT2D eigenvalue weighted by atomic mass is 32.2. The Morgan fingerprint density at radius 2 is 2.29 bits per heavy atom. The van der Waals surface area contributed by atoms with Crippen LogP contribution in [0.2, 0.25) is 0 Å². The van der Waals surface area contributed by atoms with Gasteiger partial charge in [-0.3, -0.25) is 14.5 Å². The Morgan fingerprint density at radius 1 is 1.48 bits per heavy atom. The quantitative estimate of drug-likeness (QED) is 0.779. The van der Waals surface area contributed by atoms with Crippen LogP contribution in [0.15, 0.2) is 0 Å². The number of morpholine rings is 1. The summed E-state index contributed by atoms with van der Waals surface area (Å²) in [6, 6.07) is 0. The number of thioether (sulfide) groups is 1. The molecule has 0 bridgehead atoms. The maximum absolute atomic E-state index is 11.9. The standard InChI is InChI=1S/C14H25N3O3S/c1-11(2)8-16-3-5-20-12(9-16)7-15-13(18)10-17-4-6-21-14(17)19/h11-12H,3-10H2,1-2H3,(H,15,18)/t12-/m1/s1. The number of carbonyl (C=O) groups excluding carboxylic acids is 2. The van der Waals surface area contributed by atoms with Gasteiger partial charge in [-0.15, -0.1) is 0 Å². The van der Waals surface area contributed by atoms with Gasteiger partial charge in [0.25, 0.3) is 5.24 Å². The van der Waals surface area contributed by atoms with E-state index in [1.165, 1.54) is 11.8 Å². The largest absolute Gasteiger partial charge is 0.374 e. The number of rotatable bonds is 6. The zero-order chi connectivity index (χ0) is 15.2. The third-order valence-corrected chi connectivity index (χ3v) is 4.44. The molecule has 0 spiro atoms. The monoisotopic (exact) mass is 315 g/mol. The van der Waals surface area contributed by atoms with Crippen LogP contribution in [0.5, 0.6) is 0 Å². The molecule has 1 N–H and O–H groups in total. The predicted molar refractivity (Wildman–Crippen MR) is 83.5 cm³/mol. The molecule has 0 unspecified atom stereocenters. The number of hydrogen-bond donors (Lipinski definition) is 1. The third-order valence-electron chi connectivity index (χ3n) is 3.55. The van der Waals surface area contributed by atoms with Gasteiger partial charge in [-0.05, 0) is 5.92 Å². The maximum atomic E-state index is 11.9. The van der Waals surface area contributed by atoms with Crippen molar-refractivity contribution in [3.05, 3.63) is 0 Å². The molecule has 21 heavy (non-hydrogen) atoms. The molecule has 6 nitrogen and oxygen atoms in total. The van der Waals surface area contributed by atoms with E-state index >= 15 is 0 Å². The SMILES string of the molecule is CC(C)CN1CCO[C@H](CNC(=O)CN2CCSC2=O)C1. The van der Waals surface area contributed by atoms with Crippen molar-refractivity contribution < 1.29 is 14.3 Å². The van der Waals surface area contributed by atoms with Crippen LogP contribution in [0, 0.1) is 5.92 Å². The van der Waals surface area contributed by atoms with Crippen LogP contribution in [0.1, 0.15) is 13.8 Å². The molecule has 0 aliphatic carbocycles. The Morgan fingerprint density at radius 3 is 2.95 bits per heavy atom. The van der Waals surface area contributed by atoms with Gasteiger partial charge < -0.3 is 15.0 Å². The Bertz CT molecular complexity index is 378. The van der Waals surface area contributed by atoms with Gasteiger partial charge in [-0.1, -0.05) is 25.6 Å². The third kappa shape index (κ3) is 5.48. The minimum atomic E-state index is -0.101. The van der Waals surface area contributed by atoms with Crippen molar-refractivity contribution in [2.45, 2.75) is 20.0 Å². The molecular formula is C14H25N3O3S. The summed E-state index contributed by atoms with van der Waals surface area (Å²) in [6.07, 6.45) is 0.0464. The van der Waals surface area contributed by atoms with E-state index in [0.717, 1.165) is 25.4 Å². The second kappa shape index (κ2) is 8.00. The summed E-state index contributed by atoms with van der Waals surface area (Å²) >= 11 is 1.28. The topological polar surface area (TPSA) is 61.9 Å². The molecule has 120 valence electrons. The first kappa shape index (κ1) is 16.6. The van der Waals surface area contributed by atoms with Gasteiger partial charge >= 0.3 is 0 Å². The van der Waals surface area contributed by atoms with Crippen molar-refractivity contribution in [1.29, 1.82) is 0 Å². The average molecular weight is 315 g/mol. The number of amides is 2. The molecule has 2 heterocycles. The fourth-order valence-electron chi connectivity index (χ4n) is 2.61. The molecule has 0 radical (unpaired) electrons. The van der Waals surface area contributed by atoms with Crippen LogP contribution in [-0.4, -0.2) is 78.7 Å². The fourth-order valence-corrected chi connectivity index (χ4v) is 3.44. The Hall–Kier alpha value is -0.790. The first-order valence-corrected chi connectivity index (χ1v) is 8.55. The average Bonchev–Trinajstić information content (AvgIpc) is 2.82. The van der Waals surface area contributed by atoms with Crippen molar-refractivity contribution in [2.24, 2.45) is 5.92 Å². The first-order valence-electron chi connectivity index (χ1n) is 7.57. The van der Waals surface area contributed by atoms with E-state index in [1.807, 2.05) is 0 Å². The molecule has 0 aromatic heterocycles. The maximum Gasteiger partial charge on any atom is 0.282 e. The van der Waals surface area contributed by atoms with Crippen LogP contribution in [-0.2, 0) is 9.53 Å². The molecule has 0 saturated carbocycles. The zero-order valence-corrected chi connectivity index (χ0v) is 13.7. The van der Waals surface area contributed by atoms with E-state index in [-0.39, 0.29) is 23.8 Å². The minimum Gasteiger partial charge on any atom is -0.374 e. The number of ether oxygens (including phenoxy) is 1. The van der Waals surface area contributed by atoms with Gasteiger partial charge in [0.05, 0.1) is 12.7 Å². The second-order valence-corrected chi connectivity index (χ2v) is 7.03. The number of hydrogen-bond acceptors (Lipinski definition) is 5. The number of nitrogens with zero attached hydrogens (tertiary/aromatic N) is 2. The lowest BCUT2D eigenvalue weighted by Crippen LogP contribution is -2.49. The summed E-state index contributed by atoms with van der Waals surface area (Å²) in [5.74, 6) is 1.31. The van der Waals surface area contributed by atoms with Crippen LogP contribution in [0.25, 0.3) is 0 Å². The summed E-state index contributed by atoms with van der Waals surface area (Å²) in [7, 11) is 0. The van der Waals surface area contributed by atoms with E-state index in [2.05, 4.69) is 24.1 Å². The summed E-state index contributed by atoms with van der Waals surface area (Å²) < 4.78 is 5.69. The molecule has 0 aromatic rings. The van der Waals surface area contributed by atoms with Crippen molar-refractivity contribution >= 4 is 22.9 Å².